The Balaban J connectivity index is 0.00000110. The maximum Gasteiger partial charge on any atom is 0.0366 e. The highest BCUT2D eigenvalue weighted by molar-refractivity contribution is 5.81. The molecule has 0 spiro atoms. The van der Waals surface area contributed by atoms with E-state index in [9.17, 15) is 0 Å². The van der Waals surface area contributed by atoms with Gasteiger partial charge >= 0.3 is 0 Å². The van der Waals surface area contributed by atoms with Crippen LogP contribution in [0.5, 0.6) is 0 Å². The number of allylic oxidation sites excluding steroid dienone is 6. The third-order valence-electron chi connectivity index (χ3n) is 7.09. The minimum Gasteiger partial charge on any atom is -0.400 e. The molecule has 0 aliphatic heterocycles. The molecule has 0 amide bonds. The highest BCUT2D eigenvalue weighted by Crippen LogP contribution is 2.27. The zero-order valence-corrected chi connectivity index (χ0v) is 26.8. The number of nitrogens with two attached hydrogens (primary N) is 1. The second-order valence-electron chi connectivity index (χ2n) is 10.1. The van der Waals surface area contributed by atoms with Crippen LogP contribution in [0.1, 0.15) is 96.3 Å². The minimum absolute atomic E-state index is 0.606. The number of likely N-dealkylation sites (N-methyl/N-ethyl adjacent to an activating group) is 1. The number of rotatable bonds is 9. The number of hydrogen-bond acceptors (Lipinski definition) is 4. The van der Waals surface area contributed by atoms with Gasteiger partial charge in [-0.25, -0.2) is 0 Å². The smallest absolute Gasteiger partial charge is 0.0366 e. The molecule has 226 valence electrons. The Morgan fingerprint density at radius 2 is 1.49 bits per heavy atom. The highest BCUT2D eigenvalue weighted by atomic mass is 16.2. The van der Waals surface area contributed by atoms with E-state index in [4.69, 9.17) is 10.8 Å². The van der Waals surface area contributed by atoms with Gasteiger partial charge < -0.3 is 21.1 Å². The zero-order valence-electron chi connectivity index (χ0n) is 26.8. The van der Waals surface area contributed by atoms with Crippen molar-refractivity contribution in [3.63, 3.8) is 0 Å². The first-order valence-corrected chi connectivity index (χ1v) is 15.7. The largest absolute Gasteiger partial charge is 0.400 e. The predicted octanol–water partition coefficient (Wildman–Crippen LogP) is 8.84. The van der Waals surface area contributed by atoms with Crippen LogP contribution in [0.3, 0.4) is 0 Å². The van der Waals surface area contributed by atoms with Crippen LogP contribution < -0.4 is 16.0 Å². The number of anilines is 1. The number of benzene rings is 2. The molecule has 4 nitrogen and oxygen atoms in total. The molecule has 0 bridgehead atoms. The average Bonchev–Trinajstić information content (AvgIpc) is 3.29. The van der Waals surface area contributed by atoms with Gasteiger partial charge in [-0.1, -0.05) is 121 Å². The van der Waals surface area contributed by atoms with Gasteiger partial charge in [0, 0.05) is 44.2 Å². The predicted molar refractivity (Wildman–Crippen MR) is 184 cm³/mol. The second kappa shape index (κ2) is 21.6. The van der Waals surface area contributed by atoms with Crippen LogP contribution in [-0.2, 0) is 0 Å². The van der Waals surface area contributed by atoms with Gasteiger partial charge in [0.15, 0.2) is 0 Å². The summed E-state index contributed by atoms with van der Waals surface area (Å²) < 4.78 is 0. The van der Waals surface area contributed by atoms with Crippen molar-refractivity contribution in [1.82, 2.24) is 5.32 Å². The van der Waals surface area contributed by atoms with E-state index in [-0.39, 0.29) is 0 Å². The molecule has 1 saturated carbocycles. The van der Waals surface area contributed by atoms with Gasteiger partial charge in [-0.3, -0.25) is 0 Å². The Morgan fingerprint density at radius 1 is 0.902 bits per heavy atom. The number of nitrogens with zero attached hydrogens (tertiary/aromatic N) is 1. The summed E-state index contributed by atoms with van der Waals surface area (Å²) >= 11 is 0. The molecule has 1 fully saturated rings. The lowest BCUT2D eigenvalue weighted by atomic mass is 9.95. The molecule has 0 radical (unpaired) electrons. The summed E-state index contributed by atoms with van der Waals surface area (Å²) in [7, 11) is 1.00. The lowest BCUT2D eigenvalue weighted by Crippen LogP contribution is -2.38. The molecule has 2 aliphatic carbocycles. The van der Waals surface area contributed by atoms with Crippen molar-refractivity contribution >= 4 is 22.5 Å². The number of aliphatic hydroxyl groups excluding tert-OH is 1. The lowest BCUT2D eigenvalue weighted by Gasteiger charge is -2.27. The number of aliphatic hydroxyl groups is 1. The van der Waals surface area contributed by atoms with Gasteiger partial charge in [-0.2, -0.15) is 0 Å². The van der Waals surface area contributed by atoms with E-state index < -0.39 is 0 Å². The van der Waals surface area contributed by atoms with E-state index >= 15 is 0 Å². The first-order chi connectivity index (χ1) is 20.0. The molecule has 0 saturated heterocycles. The van der Waals surface area contributed by atoms with Gasteiger partial charge in [-0.05, 0) is 66.2 Å². The van der Waals surface area contributed by atoms with Crippen molar-refractivity contribution in [3.8, 4) is 0 Å². The molecule has 4 N–H and O–H groups in total. The van der Waals surface area contributed by atoms with E-state index in [0.717, 1.165) is 44.8 Å². The SMILES string of the molecule is C=C(N)c1ccc(C2=CC=C(c3ccc(N(CC)CCNC4CCCCC4)cc3)C=CC2)cc1.CC.CCC.CO. The summed E-state index contributed by atoms with van der Waals surface area (Å²) in [4.78, 5) is 2.47. The molecule has 2 aliphatic rings. The third-order valence-corrected chi connectivity index (χ3v) is 7.09. The summed E-state index contributed by atoms with van der Waals surface area (Å²) in [5.41, 5.74) is 13.7. The molecular formula is C37H57N3O. The fourth-order valence-electron chi connectivity index (χ4n) is 4.98. The van der Waals surface area contributed by atoms with Gasteiger partial charge in [0.1, 0.15) is 0 Å². The molecular weight excluding hydrogens is 502 g/mol. The van der Waals surface area contributed by atoms with Crippen LogP contribution in [-0.4, -0.2) is 37.9 Å². The van der Waals surface area contributed by atoms with Crippen LogP contribution >= 0.6 is 0 Å². The Labute approximate surface area is 251 Å². The summed E-state index contributed by atoms with van der Waals surface area (Å²) in [5, 5.41) is 10.8. The molecule has 4 rings (SSSR count). The number of nitrogens with one attached hydrogen (secondary N) is 1. The normalized spacial score (nSPS) is 14.4. The Bertz CT molecular complexity index is 1060. The van der Waals surface area contributed by atoms with Crippen LogP contribution in [0.15, 0.2) is 79.4 Å². The third kappa shape index (κ3) is 12.5. The zero-order chi connectivity index (χ0) is 30.5. The number of hydrogen-bond donors (Lipinski definition) is 3. The van der Waals surface area contributed by atoms with Crippen LogP contribution in [0.4, 0.5) is 5.69 Å². The monoisotopic (exact) mass is 559 g/mol. The molecule has 0 unspecified atom stereocenters. The Morgan fingerprint density at radius 3 is 2.05 bits per heavy atom. The fraction of sp³-hybridized carbons (Fsp3) is 0.459. The van der Waals surface area contributed by atoms with Gasteiger partial charge in [0.05, 0.1) is 0 Å². The van der Waals surface area contributed by atoms with Crippen LogP contribution in [0.2, 0.25) is 0 Å². The maximum absolute atomic E-state index is 7.00. The molecule has 41 heavy (non-hydrogen) atoms. The highest BCUT2D eigenvalue weighted by Gasteiger charge is 2.13. The van der Waals surface area contributed by atoms with E-state index in [1.54, 1.807) is 0 Å². The van der Waals surface area contributed by atoms with Gasteiger partial charge in [0.2, 0.25) is 0 Å². The van der Waals surface area contributed by atoms with E-state index in [0.29, 0.717) is 5.70 Å². The van der Waals surface area contributed by atoms with Crippen molar-refractivity contribution in [3.05, 3.63) is 96.1 Å². The van der Waals surface area contributed by atoms with Crippen molar-refractivity contribution in [2.24, 2.45) is 5.73 Å². The van der Waals surface area contributed by atoms with Gasteiger partial charge in [-0.15, -0.1) is 0 Å². The topological polar surface area (TPSA) is 61.5 Å². The first kappa shape index (κ1) is 35.9. The molecule has 0 aromatic heterocycles. The van der Waals surface area contributed by atoms with E-state index in [1.165, 1.54) is 66.5 Å². The summed E-state index contributed by atoms with van der Waals surface area (Å²) in [6.45, 7) is 17.4. The maximum atomic E-state index is 7.00. The quantitative estimate of drug-likeness (QED) is 0.287. The Hall–Kier alpha value is -3.08. The van der Waals surface area contributed by atoms with Crippen molar-refractivity contribution < 1.29 is 5.11 Å². The Kier molecular flexibility index (Phi) is 19.0. The minimum atomic E-state index is 0.606. The molecule has 2 aromatic carbocycles. The van der Waals surface area contributed by atoms with Crippen molar-refractivity contribution in [2.45, 2.75) is 85.6 Å². The fourth-order valence-corrected chi connectivity index (χ4v) is 4.98. The standard InChI is InChI=1S/C31H39N3.C3H8.C2H6.CH4O/c1-3-34(23-22-33-30-10-5-4-6-11-30)31-20-18-29(19-21-31)27-9-7-8-26(16-17-27)28-14-12-25(13-15-28)24(2)32;1-3-2;2*1-2/h7,9,12-21,30,33H,2-6,8,10-11,22-23,32H2,1H3;3H2,1-2H3;1-2H3;2H,1H3. The molecule has 2 aromatic rings. The molecule has 4 heteroatoms. The van der Waals surface area contributed by atoms with Crippen LogP contribution in [0.25, 0.3) is 16.8 Å². The van der Waals surface area contributed by atoms with Gasteiger partial charge in [0.25, 0.3) is 0 Å². The first-order valence-electron chi connectivity index (χ1n) is 15.7. The van der Waals surface area contributed by atoms with E-state index in [1.807, 2.05) is 26.0 Å². The van der Waals surface area contributed by atoms with Crippen LogP contribution in [0, 0.1) is 0 Å². The average molecular weight is 560 g/mol. The summed E-state index contributed by atoms with van der Waals surface area (Å²) in [5.74, 6) is 0. The lowest BCUT2D eigenvalue weighted by molar-refractivity contribution is 0.376. The summed E-state index contributed by atoms with van der Waals surface area (Å²) in [6, 6.07) is 18.1. The second-order valence-corrected chi connectivity index (χ2v) is 10.1. The van der Waals surface area contributed by atoms with E-state index in [2.05, 4.69) is 98.3 Å². The summed E-state index contributed by atoms with van der Waals surface area (Å²) in [6.07, 6.45) is 18.0. The van der Waals surface area contributed by atoms with Crippen molar-refractivity contribution in [2.75, 3.05) is 31.6 Å². The molecule has 0 heterocycles. The molecule has 0 atom stereocenters. The van der Waals surface area contributed by atoms with Crippen molar-refractivity contribution in [1.29, 1.82) is 0 Å².